The molecule has 0 saturated carbocycles. The summed E-state index contributed by atoms with van der Waals surface area (Å²) in [5.41, 5.74) is 6.85. The number of hydrogen-bond donors (Lipinski definition) is 2. The van der Waals surface area contributed by atoms with Crippen LogP contribution in [0.4, 0.5) is 5.69 Å². The Bertz CT molecular complexity index is 568. The summed E-state index contributed by atoms with van der Waals surface area (Å²) in [5, 5.41) is 7.52. The highest BCUT2D eigenvalue weighted by Gasteiger charge is 2.14. The number of benzene rings is 1. The fourth-order valence-electron chi connectivity index (χ4n) is 1.58. The molecule has 0 aliphatic carbocycles. The highest BCUT2D eigenvalue weighted by Crippen LogP contribution is 2.24. The largest absolute Gasteiger partial charge is 0.330 e. The first-order valence-corrected chi connectivity index (χ1v) is 6.30. The maximum atomic E-state index is 11.9. The maximum Gasteiger partial charge on any atom is 0.228 e. The number of nitrogens with two attached hydrogens (primary N) is 1. The molecule has 2 aromatic rings. The van der Waals surface area contributed by atoms with E-state index < -0.39 is 0 Å². The zero-order valence-electron chi connectivity index (χ0n) is 10.5. The van der Waals surface area contributed by atoms with E-state index in [0.717, 1.165) is 5.69 Å². The predicted octanol–water partition coefficient (Wildman–Crippen LogP) is 2.06. The normalized spacial score (nSPS) is 12.2. The molecule has 6 heteroatoms. The molecule has 0 fully saturated rings. The monoisotopic (exact) mass is 278 g/mol. The molecule has 1 heterocycles. The molecule has 2 rings (SSSR count). The Hall–Kier alpha value is -1.85. The Balaban J connectivity index is 2.33. The summed E-state index contributed by atoms with van der Waals surface area (Å²) in [4.78, 5) is 11.9. The van der Waals surface area contributed by atoms with Gasteiger partial charge in [-0.3, -0.25) is 4.79 Å². The van der Waals surface area contributed by atoms with Crippen LogP contribution < -0.4 is 11.1 Å². The van der Waals surface area contributed by atoms with Gasteiger partial charge in [-0.05, 0) is 24.3 Å². The Labute approximate surface area is 116 Å². The molecule has 1 unspecified atom stereocenters. The highest BCUT2D eigenvalue weighted by atomic mass is 35.5. The molecule has 3 N–H and O–H groups in total. The van der Waals surface area contributed by atoms with Gasteiger partial charge in [0.15, 0.2) is 0 Å². The van der Waals surface area contributed by atoms with Crippen LogP contribution in [0.25, 0.3) is 5.69 Å². The summed E-state index contributed by atoms with van der Waals surface area (Å²) in [6.45, 7) is 2.07. The Morgan fingerprint density at radius 1 is 1.58 bits per heavy atom. The minimum Gasteiger partial charge on any atom is -0.330 e. The standard InChI is InChI=1S/C13H15ClN4O/c1-9(8-15)13(19)17-11-7-10(14)3-4-12(11)18-6-2-5-16-18/h2-7,9H,8,15H2,1H3,(H,17,19). The van der Waals surface area contributed by atoms with Gasteiger partial charge in [0.1, 0.15) is 0 Å². The summed E-state index contributed by atoms with van der Waals surface area (Å²) >= 11 is 5.97. The molecule has 1 amide bonds. The topological polar surface area (TPSA) is 72.9 Å². The summed E-state index contributed by atoms with van der Waals surface area (Å²) in [6, 6.07) is 7.06. The number of carbonyl (C=O) groups is 1. The van der Waals surface area contributed by atoms with Crippen LogP contribution in [0.3, 0.4) is 0 Å². The first-order valence-electron chi connectivity index (χ1n) is 5.92. The van der Waals surface area contributed by atoms with E-state index in [1.165, 1.54) is 0 Å². The van der Waals surface area contributed by atoms with Crippen molar-refractivity contribution in [2.45, 2.75) is 6.92 Å². The van der Waals surface area contributed by atoms with Crippen molar-refractivity contribution in [3.05, 3.63) is 41.7 Å². The highest BCUT2D eigenvalue weighted by molar-refractivity contribution is 6.31. The van der Waals surface area contributed by atoms with E-state index in [4.69, 9.17) is 17.3 Å². The molecular weight excluding hydrogens is 264 g/mol. The van der Waals surface area contributed by atoms with E-state index in [-0.39, 0.29) is 11.8 Å². The van der Waals surface area contributed by atoms with Gasteiger partial charge in [0.25, 0.3) is 0 Å². The van der Waals surface area contributed by atoms with E-state index in [1.807, 2.05) is 6.07 Å². The minimum absolute atomic E-state index is 0.141. The van der Waals surface area contributed by atoms with Crippen LogP contribution >= 0.6 is 11.6 Å². The van der Waals surface area contributed by atoms with E-state index in [9.17, 15) is 4.79 Å². The fourth-order valence-corrected chi connectivity index (χ4v) is 1.75. The second-order valence-electron chi connectivity index (χ2n) is 4.24. The number of amides is 1. The van der Waals surface area contributed by atoms with Crippen LogP contribution in [0.15, 0.2) is 36.7 Å². The number of aromatic nitrogens is 2. The third-order valence-corrected chi connectivity index (χ3v) is 3.00. The lowest BCUT2D eigenvalue weighted by Crippen LogP contribution is -2.27. The summed E-state index contributed by atoms with van der Waals surface area (Å²) in [7, 11) is 0. The van der Waals surface area contributed by atoms with Gasteiger partial charge in [0, 0.05) is 29.9 Å². The van der Waals surface area contributed by atoms with Crippen molar-refractivity contribution in [1.29, 1.82) is 0 Å². The molecule has 0 bridgehead atoms. The summed E-state index contributed by atoms with van der Waals surface area (Å²) in [6.07, 6.45) is 3.47. The lowest BCUT2D eigenvalue weighted by molar-refractivity contribution is -0.119. The molecule has 0 aliphatic heterocycles. The quantitative estimate of drug-likeness (QED) is 0.899. The molecule has 1 aromatic heterocycles. The molecular formula is C13H15ClN4O. The number of halogens is 1. The van der Waals surface area contributed by atoms with Crippen LogP contribution in [0.5, 0.6) is 0 Å². The minimum atomic E-state index is -0.260. The molecule has 5 nitrogen and oxygen atoms in total. The van der Waals surface area contributed by atoms with Crippen molar-refractivity contribution >= 4 is 23.2 Å². The first kappa shape index (κ1) is 13.6. The number of carbonyl (C=O) groups excluding carboxylic acids is 1. The molecule has 0 radical (unpaired) electrons. The number of anilines is 1. The second-order valence-corrected chi connectivity index (χ2v) is 4.67. The van der Waals surface area contributed by atoms with E-state index in [1.54, 1.807) is 42.2 Å². The Kier molecular flexibility index (Phi) is 4.19. The van der Waals surface area contributed by atoms with E-state index in [2.05, 4.69) is 10.4 Å². The van der Waals surface area contributed by atoms with Gasteiger partial charge in [-0.15, -0.1) is 0 Å². The predicted molar refractivity (Wildman–Crippen MR) is 75.4 cm³/mol. The number of hydrogen-bond acceptors (Lipinski definition) is 3. The van der Waals surface area contributed by atoms with Gasteiger partial charge in [-0.25, -0.2) is 4.68 Å². The molecule has 19 heavy (non-hydrogen) atoms. The van der Waals surface area contributed by atoms with Crippen molar-refractivity contribution < 1.29 is 4.79 Å². The number of rotatable bonds is 4. The van der Waals surface area contributed by atoms with Crippen LogP contribution in [-0.2, 0) is 4.79 Å². The van der Waals surface area contributed by atoms with Crippen LogP contribution in [0.1, 0.15) is 6.92 Å². The summed E-state index contributed by atoms with van der Waals surface area (Å²) < 4.78 is 1.67. The molecule has 1 aromatic carbocycles. The van der Waals surface area contributed by atoms with E-state index >= 15 is 0 Å². The first-order chi connectivity index (χ1) is 9.11. The second kappa shape index (κ2) is 5.86. The van der Waals surface area contributed by atoms with Crippen molar-refractivity contribution in [2.24, 2.45) is 11.7 Å². The van der Waals surface area contributed by atoms with Crippen molar-refractivity contribution in [3.63, 3.8) is 0 Å². The van der Waals surface area contributed by atoms with Gasteiger partial charge in [-0.2, -0.15) is 5.10 Å². The van der Waals surface area contributed by atoms with Crippen molar-refractivity contribution in [3.8, 4) is 5.69 Å². The van der Waals surface area contributed by atoms with Crippen LogP contribution in [0.2, 0.25) is 5.02 Å². The molecule has 100 valence electrons. The average molecular weight is 279 g/mol. The van der Waals surface area contributed by atoms with Gasteiger partial charge < -0.3 is 11.1 Å². The van der Waals surface area contributed by atoms with Gasteiger partial charge in [0.2, 0.25) is 5.91 Å². The van der Waals surface area contributed by atoms with Crippen LogP contribution in [0, 0.1) is 5.92 Å². The van der Waals surface area contributed by atoms with E-state index in [0.29, 0.717) is 17.3 Å². The van der Waals surface area contributed by atoms with Crippen molar-refractivity contribution in [1.82, 2.24) is 9.78 Å². The Morgan fingerprint density at radius 3 is 3.00 bits per heavy atom. The maximum absolute atomic E-state index is 11.9. The Morgan fingerprint density at radius 2 is 2.37 bits per heavy atom. The lowest BCUT2D eigenvalue weighted by Gasteiger charge is -2.14. The van der Waals surface area contributed by atoms with Crippen LogP contribution in [-0.4, -0.2) is 22.2 Å². The zero-order chi connectivity index (χ0) is 13.8. The smallest absolute Gasteiger partial charge is 0.228 e. The zero-order valence-corrected chi connectivity index (χ0v) is 11.3. The average Bonchev–Trinajstić information content (AvgIpc) is 2.91. The SMILES string of the molecule is CC(CN)C(=O)Nc1cc(Cl)ccc1-n1cccn1. The van der Waals surface area contributed by atoms with Crippen molar-refractivity contribution in [2.75, 3.05) is 11.9 Å². The third kappa shape index (κ3) is 3.13. The molecule has 0 aliphatic rings. The molecule has 1 atom stereocenters. The number of nitrogens with zero attached hydrogens (tertiary/aromatic N) is 2. The van der Waals surface area contributed by atoms with Gasteiger partial charge in [-0.1, -0.05) is 18.5 Å². The van der Waals surface area contributed by atoms with Gasteiger partial charge in [0.05, 0.1) is 11.4 Å². The number of nitrogens with one attached hydrogen (secondary N) is 1. The molecule has 0 saturated heterocycles. The fraction of sp³-hybridized carbons (Fsp3) is 0.231. The third-order valence-electron chi connectivity index (χ3n) is 2.77. The van der Waals surface area contributed by atoms with Gasteiger partial charge >= 0.3 is 0 Å². The summed E-state index contributed by atoms with van der Waals surface area (Å²) in [5.74, 6) is -0.400. The molecule has 0 spiro atoms. The lowest BCUT2D eigenvalue weighted by atomic mass is 10.1.